The van der Waals surface area contributed by atoms with E-state index in [4.69, 9.17) is 10.00 Å². The van der Waals surface area contributed by atoms with Crippen molar-refractivity contribution >= 4 is 5.91 Å². The molecule has 1 heterocycles. The van der Waals surface area contributed by atoms with E-state index in [1.165, 1.54) is 6.42 Å². The zero-order chi connectivity index (χ0) is 14.5. The van der Waals surface area contributed by atoms with Crippen molar-refractivity contribution in [2.75, 3.05) is 19.7 Å². The first kappa shape index (κ1) is 14.4. The zero-order valence-corrected chi connectivity index (χ0v) is 12.1. The van der Waals surface area contributed by atoms with Gasteiger partial charge in [-0.3, -0.25) is 4.79 Å². The molecule has 106 valence electrons. The third kappa shape index (κ3) is 3.30. The summed E-state index contributed by atoms with van der Waals surface area (Å²) in [6.45, 7) is 5.55. The number of nitrogens with zero attached hydrogens (tertiary/aromatic N) is 2. The molecule has 0 spiro atoms. The van der Waals surface area contributed by atoms with E-state index in [1.807, 2.05) is 18.7 Å². The standard InChI is InChI=1S/C16H20N2O2/c1-12-8-14(10-17)9-13(2)16(12)20-11-15(19)18-6-4-3-5-7-18/h8-9H,3-7,11H2,1-2H3. The number of carbonyl (C=O) groups is 1. The molecular weight excluding hydrogens is 252 g/mol. The maximum absolute atomic E-state index is 12.1. The van der Waals surface area contributed by atoms with E-state index in [9.17, 15) is 4.79 Å². The summed E-state index contributed by atoms with van der Waals surface area (Å²) < 4.78 is 5.68. The Balaban J connectivity index is 2.00. The van der Waals surface area contributed by atoms with E-state index < -0.39 is 0 Å². The van der Waals surface area contributed by atoms with Crippen LogP contribution < -0.4 is 4.74 Å². The molecule has 1 fully saturated rings. The summed E-state index contributed by atoms with van der Waals surface area (Å²) in [4.78, 5) is 13.9. The first-order chi connectivity index (χ1) is 9.61. The fraction of sp³-hybridized carbons (Fsp3) is 0.500. The molecule has 1 aromatic carbocycles. The van der Waals surface area contributed by atoms with Gasteiger partial charge in [0.15, 0.2) is 6.61 Å². The Morgan fingerprint density at radius 2 is 1.85 bits per heavy atom. The van der Waals surface area contributed by atoms with Gasteiger partial charge in [0.25, 0.3) is 5.91 Å². The van der Waals surface area contributed by atoms with Crippen LogP contribution in [0.2, 0.25) is 0 Å². The third-order valence-electron chi connectivity index (χ3n) is 3.64. The molecule has 0 N–H and O–H groups in total. The summed E-state index contributed by atoms with van der Waals surface area (Å²) in [7, 11) is 0. The van der Waals surface area contributed by atoms with Crippen molar-refractivity contribution in [3.63, 3.8) is 0 Å². The Kier molecular flexibility index (Phi) is 4.62. The quantitative estimate of drug-likeness (QED) is 0.849. The Bertz CT molecular complexity index is 517. The first-order valence-corrected chi connectivity index (χ1v) is 7.03. The van der Waals surface area contributed by atoms with Crippen LogP contribution in [0.15, 0.2) is 12.1 Å². The molecule has 0 aromatic heterocycles. The number of hydrogen-bond acceptors (Lipinski definition) is 3. The second-order valence-electron chi connectivity index (χ2n) is 5.28. The van der Waals surface area contributed by atoms with Crippen LogP contribution >= 0.6 is 0 Å². The molecule has 1 aliphatic heterocycles. The maximum Gasteiger partial charge on any atom is 0.260 e. The number of amides is 1. The second kappa shape index (κ2) is 6.42. The Hall–Kier alpha value is -2.02. The lowest BCUT2D eigenvalue weighted by Gasteiger charge is -2.26. The molecule has 1 amide bonds. The minimum absolute atomic E-state index is 0.0489. The van der Waals surface area contributed by atoms with Gasteiger partial charge in [-0.25, -0.2) is 0 Å². The minimum atomic E-state index is 0.0489. The number of benzene rings is 1. The summed E-state index contributed by atoms with van der Waals surface area (Å²) in [5.41, 5.74) is 2.41. The number of rotatable bonds is 3. The van der Waals surface area contributed by atoms with Crippen LogP contribution in [0.25, 0.3) is 0 Å². The molecule has 4 nitrogen and oxygen atoms in total. The summed E-state index contributed by atoms with van der Waals surface area (Å²) in [6, 6.07) is 5.69. The van der Waals surface area contributed by atoms with E-state index in [0.717, 1.165) is 37.1 Å². The molecule has 0 radical (unpaired) electrons. The molecule has 1 aliphatic rings. The van der Waals surface area contributed by atoms with Gasteiger partial charge in [-0.1, -0.05) is 0 Å². The van der Waals surface area contributed by atoms with Crippen LogP contribution in [0.5, 0.6) is 5.75 Å². The second-order valence-corrected chi connectivity index (χ2v) is 5.28. The molecule has 0 unspecified atom stereocenters. The van der Waals surface area contributed by atoms with E-state index in [1.54, 1.807) is 12.1 Å². The van der Waals surface area contributed by atoms with E-state index >= 15 is 0 Å². The van der Waals surface area contributed by atoms with Crippen LogP contribution in [0.1, 0.15) is 36.0 Å². The SMILES string of the molecule is Cc1cc(C#N)cc(C)c1OCC(=O)N1CCCCC1. The van der Waals surface area contributed by atoms with Gasteiger partial charge in [0.2, 0.25) is 0 Å². The molecule has 4 heteroatoms. The molecule has 0 saturated carbocycles. The van der Waals surface area contributed by atoms with E-state index in [0.29, 0.717) is 11.3 Å². The van der Waals surface area contributed by atoms with Gasteiger partial charge in [0.05, 0.1) is 11.6 Å². The third-order valence-corrected chi connectivity index (χ3v) is 3.64. The molecule has 1 aromatic rings. The van der Waals surface area contributed by atoms with Crippen LogP contribution in [0, 0.1) is 25.2 Å². The Labute approximate surface area is 120 Å². The molecule has 2 rings (SSSR count). The summed E-state index contributed by atoms with van der Waals surface area (Å²) in [5, 5.41) is 8.91. The zero-order valence-electron chi connectivity index (χ0n) is 12.1. The Morgan fingerprint density at radius 1 is 1.25 bits per heavy atom. The van der Waals surface area contributed by atoms with Crippen molar-refractivity contribution in [3.05, 3.63) is 28.8 Å². The van der Waals surface area contributed by atoms with Crippen molar-refractivity contribution in [2.24, 2.45) is 0 Å². The number of carbonyl (C=O) groups excluding carboxylic acids is 1. The molecule has 0 aliphatic carbocycles. The highest BCUT2D eigenvalue weighted by molar-refractivity contribution is 5.78. The first-order valence-electron chi connectivity index (χ1n) is 7.03. The highest BCUT2D eigenvalue weighted by Gasteiger charge is 2.17. The fourth-order valence-corrected chi connectivity index (χ4v) is 2.61. The Morgan fingerprint density at radius 3 is 2.40 bits per heavy atom. The number of nitriles is 1. The number of piperidine rings is 1. The van der Waals surface area contributed by atoms with Crippen molar-refractivity contribution < 1.29 is 9.53 Å². The largest absolute Gasteiger partial charge is 0.483 e. The normalized spacial score (nSPS) is 14.8. The summed E-state index contributed by atoms with van der Waals surface area (Å²) in [6.07, 6.45) is 3.37. The van der Waals surface area contributed by atoms with Crippen molar-refractivity contribution in [3.8, 4) is 11.8 Å². The van der Waals surface area contributed by atoms with Gasteiger partial charge in [-0.15, -0.1) is 0 Å². The van der Waals surface area contributed by atoms with Crippen molar-refractivity contribution in [1.82, 2.24) is 4.90 Å². The highest BCUT2D eigenvalue weighted by atomic mass is 16.5. The molecule has 20 heavy (non-hydrogen) atoms. The van der Waals surface area contributed by atoms with Crippen LogP contribution in [-0.2, 0) is 4.79 Å². The van der Waals surface area contributed by atoms with Gasteiger partial charge in [0.1, 0.15) is 5.75 Å². The predicted octanol–water partition coefficient (Wildman–Crippen LogP) is 2.57. The summed E-state index contributed by atoms with van der Waals surface area (Å²) in [5.74, 6) is 0.766. The predicted molar refractivity (Wildman–Crippen MR) is 76.6 cm³/mol. The van der Waals surface area contributed by atoms with Gasteiger partial charge in [0, 0.05) is 13.1 Å². The van der Waals surface area contributed by atoms with Crippen LogP contribution in [0.3, 0.4) is 0 Å². The molecule has 0 atom stereocenters. The lowest BCUT2D eigenvalue weighted by molar-refractivity contribution is -0.134. The number of ether oxygens (including phenoxy) is 1. The number of hydrogen-bond donors (Lipinski definition) is 0. The topological polar surface area (TPSA) is 53.3 Å². The van der Waals surface area contributed by atoms with Gasteiger partial charge < -0.3 is 9.64 Å². The monoisotopic (exact) mass is 272 g/mol. The molecular formula is C16H20N2O2. The molecule has 0 bridgehead atoms. The average Bonchev–Trinajstić information content (AvgIpc) is 2.46. The summed E-state index contributed by atoms with van der Waals surface area (Å²) >= 11 is 0. The minimum Gasteiger partial charge on any atom is -0.483 e. The number of aryl methyl sites for hydroxylation is 2. The maximum atomic E-state index is 12.1. The van der Waals surface area contributed by atoms with Crippen LogP contribution in [-0.4, -0.2) is 30.5 Å². The highest BCUT2D eigenvalue weighted by Crippen LogP contribution is 2.24. The van der Waals surface area contributed by atoms with Crippen molar-refractivity contribution in [2.45, 2.75) is 33.1 Å². The lowest BCUT2D eigenvalue weighted by atomic mass is 10.1. The molecule has 1 saturated heterocycles. The van der Waals surface area contributed by atoms with Gasteiger partial charge in [-0.2, -0.15) is 5.26 Å². The number of likely N-dealkylation sites (tertiary alicyclic amines) is 1. The smallest absolute Gasteiger partial charge is 0.260 e. The van der Waals surface area contributed by atoms with Gasteiger partial charge >= 0.3 is 0 Å². The van der Waals surface area contributed by atoms with Crippen LogP contribution in [0.4, 0.5) is 0 Å². The average molecular weight is 272 g/mol. The van der Waals surface area contributed by atoms with E-state index in [2.05, 4.69) is 6.07 Å². The lowest BCUT2D eigenvalue weighted by Crippen LogP contribution is -2.38. The van der Waals surface area contributed by atoms with Crippen molar-refractivity contribution in [1.29, 1.82) is 5.26 Å². The van der Waals surface area contributed by atoms with E-state index in [-0.39, 0.29) is 12.5 Å². The van der Waals surface area contributed by atoms with Gasteiger partial charge in [-0.05, 0) is 56.4 Å². The fourth-order valence-electron chi connectivity index (χ4n) is 2.61.